The van der Waals surface area contributed by atoms with Gasteiger partial charge in [-0.15, -0.1) is 0 Å². The summed E-state index contributed by atoms with van der Waals surface area (Å²) in [7, 11) is -3.25. The van der Waals surface area contributed by atoms with Crippen LogP contribution in [0.5, 0.6) is 5.75 Å². The smallest absolute Gasteiger partial charge is 0.396 e. The van der Waals surface area contributed by atoms with E-state index in [2.05, 4.69) is 20.1 Å². The molecule has 210 valence electrons. The molecule has 0 bridgehead atoms. The summed E-state index contributed by atoms with van der Waals surface area (Å²) in [6.07, 6.45) is -3.43. The van der Waals surface area contributed by atoms with Crippen molar-refractivity contribution in [2.24, 2.45) is 5.92 Å². The number of pyridine rings is 1. The fourth-order valence-corrected chi connectivity index (χ4v) is 7.09. The largest absolute Gasteiger partial charge is 0.435 e. The van der Waals surface area contributed by atoms with Crippen molar-refractivity contribution in [3.05, 3.63) is 42.1 Å². The minimum absolute atomic E-state index is 0.00822. The van der Waals surface area contributed by atoms with Crippen LogP contribution >= 0.6 is 0 Å². The SMILES string of the molecule is CC1(NC(=O)c2cnc3c(-c4cccc(OC(F)F)c4)nn(C4CCOCC4C(F)(F)F)c3c2)CS(=O)(=O)C1. The Morgan fingerprint density at radius 1 is 1.26 bits per heavy atom. The first-order valence-corrected chi connectivity index (χ1v) is 13.7. The molecule has 5 rings (SSSR count). The van der Waals surface area contributed by atoms with Crippen molar-refractivity contribution < 1.29 is 44.6 Å². The molecule has 15 heteroatoms. The van der Waals surface area contributed by atoms with Gasteiger partial charge >= 0.3 is 12.8 Å². The molecule has 0 aliphatic carbocycles. The first-order chi connectivity index (χ1) is 18.2. The summed E-state index contributed by atoms with van der Waals surface area (Å²) < 4.78 is 101. The number of rotatable bonds is 6. The summed E-state index contributed by atoms with van der Waals surface area (Å²) in [6, 6.07) is 5.67. The Kier molecular flexibility index (Phi) is 6.77. The van der Waals surface area contributed by atoms with Crippen molar-refractivity contribution in [2.45, 2.75) is 37.7 Å². The number of hydrogen-bond donors (Lipinski definition) is 1. The fourth-order valence-electron chi connectivity index (χ4n) is 5.09. The molecule has 2 fully saturated rings. The highest BCUT2D eigenvalue weighted by Gasteiger charge is 2.48. The lowest BCUT2D eigenvalue weighted by atomic mass is 9.95. The number of sulfone groups is 1. The van der Waals surface area contributed by atoms with Crippen molar-refractivity contribution >= 4 is 26.8 Å². The van der Waals surface area contributed by atoms with Gasteiger partial charge in [-0.3, -0.25) is 14.5 Å². The van der Waals surface area contributed by atoms with Gasteiger partial charge in [0.25, 0.3) is 5.91 Å². The number of carbonyl (C=O) groups excluding carboxylic acids is 1. The van der Waals surface area contributed by atoms with Crippen LogP contribution in [0.2, 0.25) is 0 Å². The van der Waals surface area contributed by atoms with Gasteiger partial charge in [-0.2, -0.15) is 27.1 Å². The Morgan fingerprint density at radius 2 is 2.00 bits per heavy atom. The van der Waals surface area contributed by atoms with E-state index in [1.807, 2.05) is 0 Å². The molecule has 2 saturated heterocycles. The maximum atomic E-state index is 13.9. The number of aromatic nitrogens is 3. The highest BCUT2D eigenvalue weighted by atomic mass is 32.2. The highest BCUT2D eigenvalue weighted by molar-refractivity contribution is 7.93. The Balaban J connectivity index is 1.60. The average molecular weight is 575 g/mol. The molecule has 1 aromatic carbocycles. The Labute approximate surface area is 219 Å². The molecule has 2 aliphatic heterocycles. The maximum absolute atomic E-state index is 13.9. The molecular weight excluding hydrogens is 551 g/mol. The zero-order valence-electron chi connectivity index (χ0n) is 20.4. The summed E-state index contributed by atoms with van der Waals surface area (Å²) in [6.45, 7) is -2.05. The van der Waals surface area contributed by atoms with Crippen LogP contribution in [-0.4, -0.2) is 72.1 Å². The second kappa shape index (κ2) is 9.70. The molecular formula is C24H23F5N4O5S. The summed E-state index contributed by atoms with van der Waals surface area (Å²) in [5.74, 6) is -3.20. The van der Waals surface area contributed by atoms with Gasteiger partial charge in [0.1, 0.15) is 22.9 Å². The molecule has 2 unspecified atom stereocenters. The quantitative estimate of drug-likeness (QED) is 0.447. The van der Waals surface area contributed by atoms with Crippen LogP contribution in [0, 0.1) is 5.92 Å². The zero-order valence-corrected chi connectivity index (χ0v) is 21.2. The summed E-state index contributed by atoms with van der Waals surface area (Å²) in [5, 5.41) is 7.08. The number of amides is 1. The Morgan fingerprint density at radius 3 is 2.67 bits per heavy atom. The third kappa shape index (κ3) is 5.55. The van der Waals surface area contributed by atoms with Gasteiger partial charge < -0.3 is 14.8 Å². The van der Waals surface area contributed by atoms with E-state index in [0.29, 0.717) is 0 Å². The highest BCUT2D eigenvalue weighted by Crippen LogP contribution is 2.41. The van der Waals surface area contributed by atoms with Crippen LogP contribution in [0.4, 0.5) is 22.0 Å². The lowest BCUT2D eigenvalue weighted by Gasteiger charge is -2.38. The maximum Gasteiger partial charge on any atom is 0.396 e. The van der Waals surface area contributed by atoms with E-state index in [-0.39, 0.29) is 58.1 Å². The number of nitrogens with zero attached hydrogens (tertiary/aromatic N) is 3. The predicted molar refractivity (Wildman–Crippen MR) is 128 cm³/mol. The Bertz CT molecular complexity index is 1510. The number of carbonyl (C=O) groups is 1. The van der Waals surface area contributed by atoms with Crippen LogP contribution in [0.25, 0.3) is 22.3 Å². The van der Waals surface area contributed by atoms with E-state index in [9.17, 15) is 35.2 Å². The third-order valence-electron chi connectivity index (χ3n) is 6.69. The molecule has 0 saturated carbocycles. The van der Waals surface area contributed by atoms with Gasteiger partial charge in [-0.05, 0) is 31.5 Å². The number of halogens is 5. The number of benzene rings is 1. The van der Waals surface area contributed by atoms with Gasteiger partial charge in [0.2, 0.25) is 0 Å². The molecule has 0 spiro atoms. The van der Waals surface area contributed by atoms with E-state index in [1.165, 1.54) is 36.5 Å². The minimum Gasteiger partial charge on any atom is -0.435 e. The second-order valence-electron chi connectivity index (χ2n) is 9.92. The normalized spacial score (nSPS) is 22.4. The molecule has 3 aromatic rings. The van der Waals surface area contributed by atoms with Gasteiger partial charge in [0, 0.05) is 18.4 Å². The van der Waals surface area contributed by atoms with Gasteiger partial charge in [0.15, 0.2) is 9.84 Å². The van der Waals surface area contributed by atoms with Crippen LogP contribution in [-0.2, 0) is 14.6 Å². The first kappa shape index (κ1) is 27.2. The van der Waals surface area contributed by atoms with E-state index < -0.39 is 52.6 Å². The molecule has 2 atom stereocenters. The van der Waals surface area contributed by atoms with Crippen molar-refractivity contribution in [3.63, 3.8) is 0 Å². The molecule has 2 aromatic heterocycles. The van der Waals surface area contributed by atoms with Crippen LogP contribution in [0.3, 0.4) is 0 Å². The number of alkyl halides is 5. The van der Waals surface area contributed by atoms with Crippen LogP contribution in [0.15, 0.2) is 36.5 Å². The van der Waals surface area contributed by atoms with Gasteiger partial charge in [-0.25, -0.2) is 8.42 Å². The summed E-state index contributed by atoms with van der Waals surface area (Å²) in [5.41, 5.74) is -0.351. The first-order valence-electron chi connectivity index (χ1n) is 11.9. The lowest BCUT2D eigenvalue weighted by molar-refractivity contribution is -0.213. The lowest BCUT2D eigenvalue weighted by Crippen LogP contribution is -2.63. The topological polar surface area (TPSA) is 112 Å². The van der Waals surface area contributed by atoms with Crippen molar-refractivity contribution in [1.82, 2.24) is 20.1 Å². The average Bonchev–Trinajstić information content (AvgIpc) is 3.20. The molecule has 9 nitrogen and oxygen atoms in total. The molecule has 1 amide bonds. The number of ether oxygens (including phenoxy) is 2. The summed E-state index contributed by atoms with van der Waals surface area (Å²) >= 11 is 0. The minimum atomic E-state index is -4.61. The monoisotopic (exact) mass is 574 g/mol. The fraction of sp³-hybridized carbons (Fsp3) is 0.458. The van der Waals surface area contributed by atoms with Crippen molar-refractivity contribution in [2.75, 3.05) is 24.7 Å². The molecule has 4 heterocycles. The molecule has 39 heavy (non-hydrogen) atoms. The molecule has 1 N–H and O–H groups in total. The van der Waals surface area contributed by atoms with Gasteiger partial charge in [-0.1, -0.05) is 12.1 Å². The van der Waals surface area contributed by atoms with Crippen molar-refractivity contribution in [1.29, 1.82) is 0 Å². The number of nitrogens with one attached hydrogen (secondary N) is 1. The predicted octanol–water partition coefficient (Wildman–Crippen LogP) is 3.76. The molecule has 2 aliphatic rings. The van der Waals surface area contributed by atoms with Crippen LogP contribution < -0.4 is 10.1 Å². The van der Waals surface area contributed by atoms with E-state index in [1.54, 1.807) is 6.92 Å². The van der Waals surface area contributed by atoms with Crippen LogP contribution in [0.1, 0.15) is 29.7 Å². The summed E-state index contributed by atoms with van der Waals surface area (Å²) in [4.78, 5) is 17.3. The third-order valence-corrected chi connectivity index (χ3v) is 8.84. The van der Waals surface area contributed by atoms with Gasteiger partial charge in [0.05, 0.1) is 40.8 Å². The van der Waals surface area contributed by atoms with E-state index in [4.69, 9.17) is 4.74 Å². The number of hydrogen-bond acceptors (Lipinski definition) is 7. The van der Waals surface area contributed by atoms with Crippen molar-refractivity contribution in [3.8, 4) is 17.0 Å². The number of fused-ring (bicyclic) bond motifs is 1. The zero-order chi connectivity index (χ0) is 28.2. The van der Waals surface area contributed by atoms with E-state index >= 15 is 0 Å². The Hall–Kier alpha value is -3.33. The standard InChI is InChI=1S/C24H23F5N4O5S/c1-23(11-39(35,36)12-23)31-21(34)14-8-18-20(30-9-14)19(13-3-2-4-15(7-13)38-22(25)26)32-33(18)17-5-6-37-10-16(17)24(27,28)29/h2-4,7-9,16-17,22H,5-6,10-12H2,1H3,(H,31,34). The van der Waals surface area contributed by atoms with E-state index in [0.717, 1.165) is 4.68 Å². The second-order valence-corrected chi connectivity index (χ2v) is 12.0. The molecule has 0 radical (unpaired) electrons.